The number of hydrogen-bond donors (Lipinski definition) is 1. The first kappa shape index (κ1) is 8.63. The van der Waals surface area contributed by atoms with Gasteiger partial charge in [-0.05, 0) is 0 Å². The molecule has 1 aliphatic rings. The number of carbonyl (C=O) groups is 2. The molecule has 6 heteroatoms. The molecule has 0 saturated carbocycles. The zero-order valence-corrected chi connectivity index (χ0v) is 6.70. The van der Waals surface area contributed by atoms with E-state index in [1.54, 1.807) is 0 Å². The minimum absolute atomic E-state index is 0.130. The normalized spacial score (nSPS) is 15.8. The summed E-state index contributed by atoms with van der Waals surface area (Å²) < 4.78 is 8.94. The molecular weight excluding hydrogens is 164 g/mol. The molecular formula is C6H10N2O4. The molecule has 1 fully saturated rings. The minimum Gasteiger partial charge on any atom is -0.453 e. The van der Waals surface area contributed by atoms with Gasteiger partial charge in [0, 0.05) is 0 Å². The van der Waals surface area contributed by atoms with Crippen LogP contribution in [0.2, 0.25) is 0 Å². The van der Waals surface area contributed by atoms with E-state index < -0.39 is 12.2 Å². The van der Waals surface area contributed by atoms with Crippen molar-refractivity contribution < 1.29 is 19.1 Å². The Morgan fingerprint density at radius 3 is 3.08 bits per heavy atom. The SMILES string of the molecule is COC(=O)NCN1CCOC1=O. The molecule has 1 heterocycles. The van der Waals surface area contributed by atoms with Crippen LogP contribution in [-0.4, -0.2) is 44.0 Å². The van der Waals surface area contributed by atoms with E-state index in [1.807, 2.05) is 0 Å². The highest BCUT2D eigenvalue weighted by Gasteiger charge is 2.21. The smallest absolute Gasteiger partial charge is 0.411 e. The van der Waals surface area contributed by atoms with Gasteiger partial charge < -0.3 is 14.8 Å². The van der Waals surface area contributed by atoms with Crippen LogP contribution < -0.4 is 5.32 Å². The highest BCUT2D eigenvalue weighted by Crippen LogP contribution is 2.00. The third kappa shape index (κ3) is 2.01. The number of methoxy groups -OCH3 is 1. The molecule has 1 N–H and O–H groups in total. The molecule has 0 bridgehead atoms. The number of rotatable bonds is 2. The maximum atomic E-state index is 10.8. The first-order valence-corrected chi connectivity index (χ1v) is 3.47. The average Bonchev–Trinajstić information content (AvgIpc) is 2.47. The highest BCUT2D eigenvalue weighted by molar-refractivity contribution is 5.71. The van der Waals surface area contributed by atoms with Crippen molar-refractivity contribution in [2.24, 2.45) is 0 Å². The molecule has 12 heavy (non-hydrogen) atoms. The first-order valence-electron chi connectivity index (χ1n) is 3.47. The fraction of sp³-hybridized carbons (Fsp3) is 0.667. The van der Waals surface area contributed by atoms with Crippen LogP contribution in [0.1, 0.15) is 0 Å². The van der Waals surface area contributed by atoms with Crippen molar-refractivity contribution in [1.29, 1.82) is 0 Å². The second-order valence-electron chi connectivity index (χ2n) is 2.20. The predicted octanol–water partition coefficient (Wildman–Crippen LogP) is -0.248. The van der Waals surface area contributed by atoms with Crippen LogP contribution in [0.15, 0.2) is 0 Å². The third-order valence-corrected chi connectivity index (χ3v) is 1.44. The number of cyclic esters (lactones) is 1. The van der Waals surface area contributed by atoms with Crippen molar-refractivity contribution in [1.82, 2.24) is 10.2 Å². The van der Waals surface area contributed by atoms with E-state index in [2.05, 4.69) is 14.8 Å². The van der Waals surface area contributed by atoms with Gasteiger partial charge in [-0.1, -0.05) is 0 Å². The number of alkyl carbamates (subject to hydrolysis) is 1. The van der Waals surface area contributed by atoms with Crippen molar-refractivity contribution in [2.75, 3.05) is 26.9 Å². The standard InChI is InChI=1S/C6H10N2O4/c1-11-5(9)7-4-8-2-3-12-6(8)10/h2-4H2,1H3,(H,7,9). The molecule has 0 radical (unpaired) electrons. The van der Waals surface area contributed by atoms with Crippen LogP contribution in [0.4, 0.5) is 9.59 Å². The van der Waals surface area contributed by atoms with E-state index in [0.29, 0.717) is 13.2 Å². The molecule has 2 amide bonds. The minimum atomic E-state index is -0.560. The number of carbonyl (C=O) groups excluding carboxylic acids is 2. The van der Waals surface area contributed by atoms with Crippen molar-refractivity contribution in [2.45, 2.75) is 0 Å². The molecule has 0 aliphatic carbocycles. The Morgan fingerprint density at radius 2 is 2.58 bits per heavy atom. The van der Waals surface area contributed by atoms with Crippen LogP contribution in [-0.2, 0) is 9.47 Å². The van der Waals surface area contributed by atoms with Gasteiger partial charge in [0.2, 0.25) is 0 Å². The van der Waals surface area contributed by atoms with Gasteiger partial charge in [0.1, 0.15) is 6.61 Å². The van der Waals surface area contributed by atoms with Gasteiger partial charge in [0.05, 0.1) is 20.3 Å². The molecule has 0 aromatic rings. The quantitative estimate of drug-likeness (QED) is 0.626. The number of amides is 2. The van der Waals surface area contributed by atoms with Gasteiger partial charge in [0.25, 0.3) is 0 Å². The van der Waals surface area contributed by atoms with E-state index in [-0.39, 0.29) is 6.67 Å². The van der Waals surface area contributed by atoms with Gasteiger partial charge in [-0.2, -0.15) is 0 Å². The Balaban J connectivity index is 2.22. The van der Waals surface area contributed by atoms with Crippen molar-refractivity contribution >= 4 is 12.2 Å². The second-order valence-corrected chi connectivity index (χ2v) is 2.20. The molecule has 0 unspecified atom stereocenters. The van der Waals surface area contributed by atoms with Gasteiger partial charge in [-0.15, -0.1) is 0 Å². The third-order valence-electron chi connectivity index (χ3n) is 1.44. The lowest BCUT2D eigenvalue weighted by molar-refractivity contribution is 0.149. The lowest BCUT2D eigenvalue weighted by Gasteiger charge is -2.12. The monoisotopic (exact) mass is 174 g/mol. The van der Waals surface area contributed by atoms with Crippen molar-refractivity contribution in [3.8, 4) is 0 Å². The summed E-state index contributed by atoms with van der Waals surface area (Å²) in [5.74, 6) is 0. The summed E-state index contributed by atoms with van der Waals surface area (Å²) in [7, 11) is 1.26. The molecule has 0 atom stereocenters. The first-order chi connectivity index (χ1) is 5.74. The Bertz CT molecular complexity index is 194. The number of hydrogen-bond acceptors (Lipinski definition) is 4. The molecule has 68 valence electrons. The number of nitrogens with one attached hydrogen (secondary N) is 1. The molecule has 1 saturated heterocycles. The lowest BCUT2D eigenvalue weighted by Crippen LogP contribution is -2.37. The maximum Gasteiger partial charge on any atom is 0.411 e. The second kappa shape index (κ2) is 3.80. The van der Waals surface area contributed by atoms with E-state index in [4.69, 9.17) is 0 Å². The van der Waals surface area contributed by atoms with E-state index in [9.17, 15) is 9.59 Å². The van der Waals surface area contributed by atoms with Gasteiger partial charge in [0.15, 0.2) is 0 Å². The van der Waals surface area contributed by atoms with Gasteiger partial charge >= 0.3 is 12.2 Å². The summed E-state index contributed by atoms with van der Waals surface area (Å²) in [6.45, 7) is 1.01. The summed E-state index contributed by atoms with van der Waals surface area (Å²) in [6.07, 6.45) is -0.971. The fourth-order valence-electron chi connectivity index (χ4n) is 0.801. The Labute approximate surface area is 69.4 Å². The van der Waals surface area contributed by atoms with Crippen LogP contribution in [0.5, 0.6) is 0 Å². The van der Waals surface area contributed by atoms with Crippen molar-refractivity contribution in [3.63, 3.8) is 0 Å². The Kier molecular flexibility index (Phi) is 2.73. The molecule has 0 aromatic carbocycles. The average molecular weight is 174 g/mol. The summed E-state index contributed by atoms with van der Waals surface area (Å²) in [4.78, 5) is 22.7. The Morgan fingerprint density at radius 1 is 1.83 bits per heavy atom. The van der Waals surface area contributed by atoms with Crippen molar-refractivity contribution in [3.05, 3.63) is 0 Å². The lowest BCUT2D eigenvalue weighted by atomic mass is 10.6. The van der Waals surface area contributed by atoms with E-state index in [0.717, 1.165) is 0 Å². The number of nitrogens with zero attached hydrogens (tertiary/aromatic N) is 1. The van der Waals surface area contributed by atoms with Crippen LogP contribution in [0.3, 0.4) is 0 Å². The molecule has 0 spiro atoms. The summed E-state index contributed by atoms with van der Waals surface area (Å²) in [5, 5.41) is 2.37. The van der Waals surface area contributed by atoms with Gasteiger partial charge in [-0.25, -0.2) is 9.59 Å². The summed E-state index contributed by atoms with van der Waals surface area (Å²) >= 11 is 0. The Hall–Kier alpha value is -1.46. The van der Waals surface area contributed by atoms with Crippen LogP contribution >= 0.6 is 0 Å². The summed E-state index contributed by atoms with van der Waals surface area (Å²) in [5.41, 5.74) is 0. The molecule has 6 nitrogen and oxygen atoms in total. The zero-order valence-electron chi connectivity index (χ0n) is 6.70. The van der Waals surface area contributed by atoms with Crippen LogP contribution in [0.25, 0.3) is 0 Å². The molecule has 0 aromatic heterocycles. The highest BCUT2D eigenvalue weighted by atomic mass is 16.6. The van der Waals surface area contributed by atoms with Crippen LogP contribution in [0, 0.1) is 0 Å². The molecule has 1 aliphatic heterocycles. The molecule has 1 rings (SSSR count). The predicted molar refractivity (Wildman–Crippen MR) is 38.5 cm³/mol. The van der Waals surface area contributed by atoms with E-state index in [1.165, 1.54) is 12.0 Å². The van der Waals surface area contributed by atoms with E-state index >= 15 is 0 Å². The maximum absolute atomic E-state index is 10.8. The fourth-order valence-corrected chi connectivity index (χ4v) is 0.801. The topological polar surface area (TPSA) is 67.9 Å². The van der Waals surface area contributed by atoms with Gasteiger partial charge in [-0.3, -0.25) is 4.90 Å². The number of ether oxygens (including phenoxy) is 2. The summed E-state index contributed by atoms with van der Waals surface area (Å²) in [6, 6.07) is 0. The largest absolute Gasteiger partial charge is 0.453 e. The zero-order chi connectivity index (χ0) is 8.97.